The van der Waals surface area contributed by atoms with Gasteiger partial charge in [-0.05, 0) is 46.0 Å². The Balaban J connectivity index is 2.14. The average Bonchev–Trinajstić information content (AvgIpc) is 3.07. The lowest BCUT2D eigenvalue weighted by molar-refractivity contribution is -0.312. The third-order valence-electron chi connectivity index (χ3n) is 9.88. The zero-order valence-electron chi connectivity index (χ0n) is 31.3. The molecule has 1 unspecified atom stereocenters. The van der Waals surface area contributed by atoms with Crippen LogP contribution < -0.4 is 11.5 Å². The highest BCUT2D eigenvalue weighted by molar-refractivity contribution is 5.78. The van der Waals surface area contributed by atoms with Crippen LogP contribution in [0.3, 0.4) is 0 Å². The number of hydrogen-bond acceptors (Lipinski definition) is 11. The van der Waals surface area contributed by atoms with E-state index in [1.54, 1.807) is 0 Å². The Hall–Kier alpha value is -0.730. The summed E-state index contributed by atoms with van der Waals surface area (Å²) in [6, 6.07) is -0.474. The van der Waals surface area contributed by atoms with Gasteiger partial charge >= 0.3 is 0 Å². The summed E-state index contributed by atoms with van der Waals surface area (Å²) in [5.41, 5.74) is 11.8. The number of unbranched alkanes of at least 4 members (excludes halogenated alkanes) is 14. The van der Waals surface area contributed by atoms with Crippen molar-refractivity contribution in [1.29, 1.82) is 0 Å². The maximum Gasteiger partial charge on any atom is 0.187 e. The highest BCUT2D eigenvalue weighted by atomic mass is 16.7. The van der Waals surface area contributed by atoms with Crippen LogP contribution in [-0.4, -0.2) is 106 Å². The number of carbonyl (C=O) groups is 1. The van der Waals surface area contributed by atoms with E-state index in [-0.39, 0.29) is 24.3 Å². The van der Waals surface area contributed by atoms with Crippen LogP contribution in [0.25, 0.3) is 0 Å². The SMILES string of the molecule is CCCCOC(CCCCCCCCCCCC[C@@H](O[C@@H]1O[C@H](CO)[C@H](O)[C@H](O)[C@H]1O)[C@@H](C)N)CC(=O)CCCCCCC[C@@H](O)[C@@H](C)N. The third-order valence-corrected chi connectivity index (χ3v) is 9.88. The maximum atomic E-state index is 12.7. The van der Waals surface area contributed by atoms with Crippen molar-refractivity contribution in [3.8, 4) is 0 Å². The molecule has 0 aliphatic carbocycles. The first-order valence-corrected chi connectivity index (χ1v) is 19.8. The minimum absolute atomic E-state index is 0.0447. The van der Waals surface area contributed by atoms with Gasteiger partial charge in [-0.3, -0.25) is 4.79 Å². The molecular formula is C38H76N2O9. The summed E-state index contributed by atoms with van der Waals surface area (Å²) in [7, 11) is 0. The van der Waals surface area contributed by atoms with Crippen LogP contribution >= 0.6 is 0 Å². The van der Waals surface area contributed by atoms with E-state index in [0.717, 1.165) is 90.1 Å². The Morgan fingerprint density at radius 2 is 1.24 bits per heavy atom. The van der Waals surface area contributed by atoms with Crippen molar-refractivity contribution in [2.45, 2.75) is 223 Å². The monoisotopic (exact) mass is 705 g/mol. The van der Waals surface area contributed by atoms with Gasteiger partial charge in [-0.2, -0.15) is 0 Å². The summed E-state index contributed by atoms with van der Waals surface area (Å²) in [6.07, 6.45) is 15.1. The highest BCUT2D eigenvalue weighted by Crippen LogP contribution is 2.25. The molecule has 1 heterocycles. The number of rotatable bonds is 32. The van der Waals surface area contributed by atoms with Crippen molar-refractivity contribution < 1.29 is 44.5 Å². The number of ether oxygens (including phenoxy) is 3. The van der Waals surface area contributed by atoms with Crippen molar-refractivity contribution in [3.05, 3.63) is 0 Å². The van der Waals surface area contributed by atoms with Gasteiger partial charge in [0.2, 0.25) is 0 Å². The number of nitrogens with two attached hydrogens (primary N) is 2. The lowest BCUT2D eigenvalue weighted by atomic mass is 9.98. The van der Waals surface area contributed by atoms with E-state index in [1.807, 2.05) is 13.8 Å². The van der Waals surface area contributed by atoms with E-state index in [0.29, 0.717) is 25.0 Å². The molecule has 0 radical (unpaired) electrons. The van der Waals surface area contributed by atoms with Gasteiger partial charge in [0.1, 0.15) is 30.2 Å². The molecule has 0 aromatic rings. The molecular weight excluding hydrogens is 628 g/mol. The molecule has 1 saturated heterocycles. The van der Waals surface area contributed by atoms with Crippen LogP contribution in [0, 0.1) is 0 Å². The third kappa shape index (κ3) is 21.4. The number of aliphatic hydroxyl groups excluding tert-OH is 5. The second-order valence-corrected chi connectivity index (χ2v) is 14.7. The van der Waals surface area contributed by atoms with E-state index >= 15 is 0 Å². The Morgan fingerprint density at radius 3 is 1.78 bits per heavy atom. The molecule has 0 bridgehead atoms. The smallest absolute Gasteiger partial charge is 0.187 e. The highest BCUT2D eigenvalue weighted by Gasteiger charge is 2.45. The van der Waals surface area contributed by atoms with E-state index in [9.17, 15) is 30.3 Å². The maximum absolute atomic E-state index is 12.7. The lowest BCUT2D eigenvalue weighted by Gasteiger charge is -2.41. The van der Waals surface area contributed by atoms with Gasteiger partial charge in [0, 0.05) is 31.5 Å². The fourth-order valence-electron chi connectivity index (χ4n) is 6.40. The van der Waals surface area contributed by atoms with Gasteiger partial charge < -0.3 is 51.2 Å². The Kier molecular flexibility index (Phi) is 27.2. The van der Waals surface area contributed by atoms with Crippen molar-refractivity contribution in [3.63, 3.8) is 0 Å². The van der Waals surface area contributed by atoms with E-state index < -0.39 is 43.4 Å². The summed E-state index contributed by atoms with van der Waals surface area (Å²) in [4.78, 5) is 12.7. The van der Waals surface area contributed by atoms with Gasteiger partial charge in [0.25, 0.3) is 0 Å². The first kappa shape index (κ1) is 46.3. The fourth-order valence-corrected chi connectivity index (χ4v) is 6.40. The summed E-state index contributed by atoms with van der Waals surface area (Å²) < 4.78 is 17.5. The molecule has 49 heavy (non-hydrogen) atoms. The second kappa shape index (κ2) is 28.8. The molecule has 11 heteroatoms. The zero-order chi connectivity index (χ0) is 36.4. The summed E-state index contributed by atoms with van der Waals surface area (Å²) in [5, 5.41) is 49.5. The Labute approximate surface area is 297 Å². The lowest BCUT2D eigenvalue weighted by Crippen LogP contribution is -2.60. The zero-order valence-corrected chi connectivity index (χ0v) is 31.3. The number of aliphatic hydroxyl groups is 5. The normalized spacial score (nSPS) is 24.4. The molecule has 10 atom stereocenters. The molecule has 11 nitrogen and oxygen atoms in total. The number of Topliss-reactive ketones (excluding diaryl/α,β-unsaturated/α-hetero) is 1. The van der Waals surface area contributed by atoms with Gasteiger partial charge in [-0.25, -0.2) is 0 Å². The van der Waals surface area contributed by atoms with Gasteiger partial charge in [-0.1, -0.05) is 103 Å². The van der Waals surface area contributed by atoms with Crippen LogP contribution in [0.1, 0.15) is 162 Å². The standard InChI is InChI=1S/C38H76N2O9/c1-4-5-25-47-31(26-30(42)21-17-13-12-15-19-23-32(43)28(2)39)22-18-14-10-8-6-7-9-11-16-20-24-33(29(3)40)48-38-37(46)36(45)35(44)34(27-41)49-38/h28-29,31-38,41,43-46H,4-27,39-40H2,1-3H3/t28-,29-,31?,32-,33-,34-,35+,36+,37-,38-/m1/s1. The Bertz CT molecular complexity index is 788. The minimum Gasteiger partial charge on any atom is -0.394 e. The minimum atomic E-state index is -1.46. The number of carbonyl (C=O) groups excluding carboxylic acids is 1. The van der Waals surface area contributed by atoms with Crippen LogP contribution in [0.5, 0.6) is 0 Å². The molecule has 1 rings (SSSR count). The first-order chi connectivity index (χ1) is 23.5. The fraction of sp³-hybridized carbons (Fsp3) is 0.974. The molecule has 292 valence electrons. The first-order valence-electron chi connectivity index (χ1n) is 19.8. The molecule has 0 aromatic carbocycles. The van der Waals surface area contributed by atoms with Crippen LogP contribution in [0.4, 0.5) is 0 Å². The van der Waals surface area contributed by atoms with Gasteiger partial charge in [0.05, 0.1) is 24.9 Å². The van der Waals surface area contributed by atoms with Gasteiger partial charge in [-0.15, -0.1) is 0 Å². The second-order valence-electron chi connectivity index (χ2n) is 14.7. The Morgan fingerprint density at radius 1 is 0.714 bits per heavy atom. The summed E-state index contributed by atoms with van der Waals surface area (Å²) >= 11 is 0. The van der Waals surface area contributed by atoms with Crippen LogP contribution in [0.2, 0.25) is 0 Å². The predicted molar refractivity (Wildman–Crippen MR) is 194 cm³/mol. The van der Waals surface area contributed by atoms with Gasteiger partial charge in [0.15, 0.2) is 6.29 Å². The molecule has 0 amide bonds. The quantitative estimate of drug-likeness (QED) is 0.0476. The van der Waals surface area contributed by atoms with Crippen molar-refractivity contribution in [2.75, 3.05) is 13.2 Å². The number of hydrogen-bond donors (Lipinski definition) is 7. The average molecular weight is 705 g/mol. The van der Waals surface area contributed by atoms with E-state index in [2.05, 4.69) is 6.92 Å². The van der Waals surface area contributed by atoms with Crippen LogP contribution in [-0.2, 0) is 19.0 Å². The van der Waals surface area contributed by atoms with Crippen molar-refractivity contribution >= 4 is 5.78 Å². The molecule has 1 fully saturated rings. The molecule has 0 aromatic heterocycles. The predicted octanol–water partition coefficient (Wildman–Crippen LogP) is 4.78. The molecule has 0 spiro atoms. The molecule has 0 saturated carbocycles. The van der Waals surface area contributed by atoms with E-state index in [4.69, 9.17) is 25.7 Å². The summed E-state index contributed by atoms with van der Waals surface area (Å²) in [5.74, 6) is 0.322. The van der Waals surface area contributed by atoms with E-state index in [1.165, 1.54) is 38.5 Å². The molecule has 1 aliphatic heterocycles. The summed E-state index contributed by atoms with van der Waals surface area (Å²) in [6.45, 7) is 6.07. The van der Waals surface area contributed by atoms with Crippen LogP contribution in [0.15, 0.2) is 0 Å². The molecule has 9 N–H and O–H groups in total. The largest absolute Gasteiger partial charge is 0.394 e. The van der Waals surface area contributed by atoms with Crippen molar-refractivity contribution in [1.82, 2.24) is 0 Å². The molecule has 1 aliphatic rings. The number of ketones is 1. The van der Waals surface area contributed by atoms with Crippen molar-refractivity contribution in [2.24, 2.45) is 11.5 Å². The topological polar surface area (TPSA) is 198 Å².